The minimum Gasteiger partial charge on any atom is -0.393 e. The molecule has 20 heavy (non-hydrogen) atoms. The predicted molar refractivity (Wildman–Crippen MR) is 84.8 cm³/mol. The number of hydrogen-bond acceptors (Lipinski definition) is 3. The van der Waals surface area contributed by atoms with Crippen molar-refractivity contribution in [2.75, 3.05) is 26.7 Å². The molecular formula is C17H34N2O. The summed E-state index contributed by atoms with van der Waals surface area (Å²) in [5.74, 6) is 2.06. The summed E-state index contributed by atoms with van der Waals surface area (Å²) in [5, 5.41) is 10.3. The zero-order chi connectivity index (χ0) is 14.9. The largest absolute Gasteiger partial charge is 0.393 e. The van der Waals surface area contributed by atoms with Gasteiger partial charge >= 0.3 is 0 Å². The Hall–Kier alpha value is -0.120. The van der Waals surface area contributed by atoms with Crippen LogP contribution in [0, 0.1) is 17.8 Å². The maximum atomic E-state index is 10.3. The molecular weight excluding hydrogens is 248 g/mol. The minimum atomic E-state index is -0.0738. The maximum Gasteiger partial charge on any atom is 0.0580 e. The van der Waals surface area contributed by atoms with Crippen molar-refractivity contribution in [3.05, 3.63) is 0 Å². The van der Waals surface area contributed by atoms with E-state index < -0.39 is 0 Å². The van der Waals surface area contributed by atoms with Crippen LogP contribution in [-0.2, 0) is 0 Å². The normalized spacial score (nSPS) is 41.2. The van der Waals surface area contributed by atoms with Crippen LogP contribution < -0.4 is 0 Å². The predicted octanol–water partition coefficient (Wildman–Crippen LogP) is 2.44. The number of hydrogen-bond donors (Lipinski definition) is 1. The van der Waals surface area contributed by atoms with Gasteiger partial charge in [0.25, 0.3) is 0 Å². The molecule has 2 aliphatic rings. The first-order chi connectivity index (χ1) is 9.38. The Morgan fingerprint density at radius 3 is 2.25 bits per heavy atom. The van der Waals surface area contributed by atoms with Crippen LogP contribution in [0.2, 0.25) is 0 Å². The maximum absolute atomic E-state index is 10.3. The van der Waals surface area contributed by atoms with E-state index in [1.165, 1.54) is 12.8 Å². The number of nitrogens with zero attached hydrogens (tertiary/aromatic N) is 2. The molecule has 2 fully saturated rings. The van der Waals surface area contributed by atoms with Gasteiger partial charge in [0.15, 0.2) is 0 Å². The van der Waals surface area contributed by atoms with Gasteiger partial charge in [-0.1, -0.05) is 13.8 Å². The summed E-state index contributed by atoms with van der Waals surface area (Å²) in [6, 6.07) is 1.25. The summed E-state index contributed by atoms with van der Waals surface area (Å²) in [7, 11) is 2.23. The van der Waals surface area contributed by atoms with E-state index in [1.807, 2.05) is 0 Å². The fourth-order valence-electron chi connectivity index (χ4n) is 4.08. The van der Waals surface area contributed by atoms with Crippen molar-refractivity contribution in [2.24, 2.45) is 17.8 Å². The highest BCUT2D eigenvalue weighted by molar-refractivity contribution is 4.87. The zero-order valence-electron chi connectivity index (χ0n) is 14.0. The van der Waals surface area contributed by atoms with Gasteiger partial charge in [0.2, 0.25) is 0 Å². The van der Waals surface area contributed by atoms with Gasteiger partial charge in [-0.2, -0.15) is 0 Å². The van der Waals surface area contributed by atoms with E-state index >= 15 is 0 Å². The number of aliphatic hydroxyl groups excluding tert-OH is 1. The summed E-state index contributed by atoms with van der Waals surface area (Å²) in [6.45, 7) is 12.7. The number of rotatable bonds is 3. The van der Waals surface area contributed by atoms with Gasteiger partial charge in [0.05, 0.1) is 6.10 Å². The van der Waals surface area contributed by atoms with Crippen LogP contribution >= 0.6 is 0 Å². The van der Waals surface area contributed by atoms with Gasteiger partial charge in [-0.15, -0.1) is 0 Å². The third-order valence-corrected chi connectivity index (χ3v) is 5.85. The molecule has 118 valence electrons. The Morgan fingerprint density at radius 1 is 1.10 bits per heavy atom. The highest BCUT2D eigenvalue weighted by Gasteiger charge is 2.34. The zero-order valence-corrected chi connectivity index (χ0v) is 14.0. The number of piperazine rings is 1. The second kappa shape index (κ2) is 6.76. The molecule has 0 aromatic heterocycles. The molecule has 1 heterocycles. The van der Waals surface area contributed by atoms with Crippen molar-refractivity contribution in [3.63, 3.8) is 0 Å². The standard InChI is InChI=1S/C17H34N2O/c1-12(2)15-6-7-17(20)16(8-15)11-19-9-13(3)18(5)14(4)10-19/h12-17,20H,6-11H2,1-5H3. The average molecular weight is 282 g/mol. The molecule has 3 heteroatoms. The SMILES string of the molecule is CC(C)C1CCC(O)C(CN2CC(C)N(C)C(C)C2)C1. The van der Waals surface area contributed by atoms with Crippen LogP contribution in [0.4, 0.5) is 0 Å². The van der Waals surface area contributed by atoms with Gasteiger partial charge in [0.1, 0.15) is 0 Å². The number of likely N-dealkylation sites (N-methyl/N-ethyl adjacent to an activating group) is 1. The smallest absolute Gasteiger partial charge is 0.0580 e. The second-order valence-corrected chi connectivity index (χ2v) is 7.73. The first kappa shape index (κ1) is 16.3. The van der Waals surface area contributed by atoms with Crippen LogP contribution in [0.5, 0.6) is 0 Å². The summed E-state index contributed by atoms with van der Waals surface area (Å²) in [6.07, 6.45) is 3.36. The highest BCUT2D eigenvalue weighted by Crippen LogP contribution is 2.34. The molecule has 1 N–H and O–H groups in total. The minimum absolute atomic E-state index is 0.0738. The molecule has 0 bridgehead atoms. The molecule has 2 rings (SSSR count). The van der Waals surface area contributed by atoms with Crippen LogP contribution in [0.15, 0.2) is 0 Å². The summed E-state index contributed by atoms with van der Waals surface area (Å²) < 4.78 is 0. The first-order valence-corrected chi connectivity index (χ1v) is 8.50. The lowest BCUT2D eigenvalue weighted by molar-refractivity contribution is -0.00646. The molecule has 3 nitrogen and oxygen atoms in total. The summed E-state index contributed by atoms with van der Waals surface area (Å²) in [4.78, 5) is 5.07. The molecule has 1 saturated heterocycles. The molecule has 0 amide bonds. The van der Waals surface area contributed by atoms with Crippen molar-refractivity contribution in [2.45, 2.75) is 65.1 Å². The lowest BCUT2D eigenvalue weighted by Crippen LogP contribution is -2.56. The fraction of sp³-hybridized carbons (Fsp3) is 1.00. The second-order valence-electron chi connectivity index (χ2n) is 7.73. The monoisotopic (exact) mass is 282 g/mol. The van der Waals surface area contributed by atoms with Crippen LogP contribution in [0.3, 0.4) is 0 Å². The third kappa shape index (κ3) is 3.75. The Morgan fingerprint density at radius 2 is 1.70 bits per heavy atom. The highest BCUT2D eigenvalue weighted by atomic mass is 16.3. The van der Waals surface area contributed by atoms with Crippen molar-refractivity contribution < 1.29 is 5.11 Å². The Labute approximate surface area is 125 Å². The van der Waals surface area contributed by atoms with Gasteiger partial charge in [0, 0.05) is 31.7 Å². The van der Waals surface area contributed by atoms with Crippen molar-refractivity contribution in [1.82, 2.24) is 9.80 Å². The van der Waals surface area contributed by atoms with Crippen LogP contribution in [0.1, 0.15) is 47.0 Å². The van der Waals surface area contributed by atoms with Gasteiger partial charge < -0.3 is 5.11 Å². The first-order valence-electron chi connectivity index (χ1n) is 8.50. The summed E-state index contributed by atoms with van der Waals surface area (Å²) in [5.41, 5.74) is 0. The van der Waals surface area contributed by atoms with E-state index in [-0.39, 0.29) is 6.10 Å². The lowest BCUT2D eigenvalue weighted by atomic mass is 9.74. The van der Waals surface area contributed by atoms with Crippen molar-refractivity contribution in [1.29, 1.82) is 0 Å². The van der Waals surface area contributed by atoms with Crippen molar-refractivity contribution >= 4 is 0 Å². The average Bonchev–Trinajstić information content (AvgIpc) is 2.38. The fourth-order valence-corrected chi connectivity index (χ4v) is 4.08. The van der Waals surface area contributed by atoms with Crippen LogP contribution in [0.25, 0.3) is 0 Å². The van der Waals surface area contributed by atoms with E-state index in [0.29, 0.717) is 18.0 Å². The Bertz CT molecular complexity index is 295. The molecule has 0 aromatic carbocycles. The molecule has 1 saturated carbocycles. The molecule has 5 atom stereocenters. The molecule has 0 spiro atoms. The van der Waals surface area contributed by atoms with E-state index in [4.69, 9.17) is 0 Å². The molecule has 1 aliphatic heterocycles. The van der Waals surface area contributed by atoms with Gasteiger partial charge in [-0.05, 0) is 57.9 Å². The van der Waals surface area contributed by atoms with Gasteiger partial charge in [-0.25, -0.2) is 0 Å². The van der Waals surface area contributed by atoms with E-state index in [0.717, 1.165) is 37.9 Å². The molecule has 1 aliphatic carbocycles. The molecule has 0 aromatic rings. The molecule has 0 radical (unpaired) electrons. The van der Waals surface area contributed by atoms with E-state index in [9.17, 15) is 5.11 Å². The topological polar surface area (TPSA) is 26.7 Å². The number of aliphatic hydroxyl groups is 1. The van der Waals surface area contributed by atoms with Crippen molar-refractivity contribution in [3.8, 4) is 0 Å². The van der Waals surface area contributed by atoms with E-state index in [2.05, 4.69) is 44.5 Å². The Balaban J connectivity index is 1.91. The quantitative estimate of drug-likeness (QED) is 0.861. The molecule has 5 unspecified atom stereocenters. The van der Waals surface area contributed by atoms with Crippen LogP contribution in [-0.4, -0.2) is 59.8 Å². The van der Waals surface area contributed by atoms with E-state index in [1.54, 1.807) is 0 Å². The van der Waals surface area contributed by atoms with Gasteiger partial charge in [-0.3, -0.25) is 9.80 Å². The lowest BCUT2D eigenvalue weighted by Gasteiger charge is -2.45. The Kier molecular flexibility index (Phi) is 5.49. The summed E-state index contributed by atoms with van der Waals surface area (Å²) >= 11 is 0. The third-order valence-electron chi connectivity index (χ3n) is 5.85.